The third-order valence-corrected chi connectivity index (χ3v) is 5.36. The van der Waals surface area contributed by atoms with Gasteiger partial charge in [0.05, 0.1) is 5.92 Å². The summed E-state index contributed by atoms with van der Waals surface area (Å²) in [7, 11) is 0. The lowest BCUT2D eigenvalue weighted by Crippen LogP contribution is -2.30. The highest BCUT2D eigenvalue weighted by Crippen LogP contribution is 2.42. The Bertz CT molecular complexity index is 1010. The van der Waals surface area contributed by atoms with Crippen LogP contribution in [0.25, 0.3) is 11.1 Å². The highest BCUT2D eigenvalue weighted by Gasteiger charge is 2.37. The van der Waals surface area contributed by atoms with E-state index >= 15 is 0 Å². The highest BCUT2D eigenvalue weighted by atomic mass is 19.1. The molecule has 1 aliphatic heterocycles. The first-order valence-corrected chi connectivity index (χ1v) is 9.63. The van der Waals surface area contributed by atoms with E-state index in [1.54, 1.807) is 12.1 Å². The van der Waals surface area contributed by atoms with Gasteiger partial charge in [-0.15, -0.1) is 0 Å². The minimum Gasteiger partial charge on any atom is -0.399 e. The van der Waals surface area contributed by atoms with Crippen molar-refractivity contribution in [2.45, 2.75) is 25.7 Å². The van der Waals surface area contributed by atoms with Crippen LogP contribution in [0.2, 0.25) is 0 Å². The van der Waals surface area contributed by atoms with Gasteiger partial charge in [-0.2, -0.15) is 0 Å². The SMILES string of the molecule is CCCN1C(=O)C(Cc2ccccc2N)c2cc(-c3ccc(F)cc3)ccc21. The van der Waals surface area contributed by atoms with Gasteiger partial charge in [0.2, 0.25) is 5.91 Å². The lowest BCUT2D eigenvalue weighted by atomic mass is 9.90. The molecule has 142 valence electrons. The summed E-state index contributed by atoms with van der Waals surface area (Å²) < 4.78 is 13.3. The molecular formula is C24H23FN2O. The zero-order valence-corrected chi connectivity index (χ0v) is 15.9. The van der Waals surface area contributed by atoms with Gasteiger partial charge in [0.1, 0.15) is 5.82 Å². The molecule has 1 unspecified atom stereocenters. The molecule has 1 atom stereocenters. The molecule has 0 saturated heterocycles. The number of nitrogens with zero attached hydrogens (tertiary/aromatic N) is 1. The number of carbonyl (C=O) groups is 1. The molecule has 1 aliphatic rings. The van der Waals surface area contributed by atoms with Crippen LogP contribution in [0.5, 0.6) is 0 Å². The maximum absolute atomic E-state index is 13.3. The average molecular weight is 374 g/mol. The fraction of sp³-hybridized carbons (Fsp3) is 0.208. The van der Waals surface area contributed by atoms with Crippen LogP contribution in [0.15, 0.2) is 66.7 Å². The van der Waals surface area contributed by atoms with Crippen molar-refractivity contribution >= 4 is 17.3 Å². The number of hydrogen-bond acceptors (Lipinski definition) is 2. The van der Waals surface area contributed by atoms with Crippen LogP contribution in [0, 0.1) is 5.82 Å². The first-order valence-electron chi connectivity index (χ1n) is 9.63. The van der Waals surface area contributed by atoms with E-state index < -0.39 is 0 Å². The summed E-state index contributed by atoms with van der Waals surface area (Å²) in [5.74, 6) is -0.394. The number of halogens is 1. The smallest absolute Gasteiger partial charge is 0.234 e. The third kappa shape index (κ3) is 3.26. The zero-order chi connectivity index (χ0) is 19.7. The molecule has 4 heteroatoms. The number of para-hydroxylation sites is 1. The number of nitrogens with two attached hydrogens (primary N) is 1. The minimum atomic E-state index is -0.258. The predicted octanol–water partition coefficient (Wildman–Crippen LogP) is 5.16. The lowest BCUT2D eigenvalue weighted by Gasteiger charge is -2.17. The fourth-order valence-corrected chi connectivity index (χ4v) is 3.93. The summed E-state index contributed by atoms with van der Waals surface area (Å²) >= 11 is 0. The number of amides is 1. The molecule has 0 aromatic heterocycles. The van der Waals surface area contributed by atoms with E-state index in [9.17, 15) is 9.18 Å². The first-order chi connectivity index (χ1) is 13.6. The van der Waals surface area contributed by atoms with Crippen molar-refractivity contribution in [3.05, 3.63) is 83.7 Å². The van der Waals surface area contributed by atoms with E-state index in [1.807, 2.05) is 41.3 Å². The Labute approximate surface area is 164 Å². The molecule has 0 saturated carbocycles. The molecular weight excluding hydrogens is 351 g/mol. The van der Waals surface area contributed by atoms with Gasteiger partial charge in [-0.25, -0.2) is 4.39 Å². The van der Waals surface area contributed by atoms with Gasteiger partial charge in [-0.3, -0.25) is 4.79 Å². The van der Waals surface area contributed by atoms with Gasteiger partial charge in [0, 0.05) is 17.9 Å². The Balaban J connectivity index is 1.76. The second kappa shape index (κ2) is 7.47. The average Bonchev–Trinajstić information content (AvgIpc) is 2.96. The molecule has 0 aliphatic carbocycles. The second-order valence-corrected chi connectivity index (χ2v) is 7.23. The topological polar surface area (TPSA) is 46.3 Å². The van der Waals surface area contributed by atoms with E-state index in [0.717, 1.165) is 34.4 Å². The molecule has 1 amide bonds. The van der Waals surface area contributed by atoms with E-state index in [-0.39, 0.29) is 17.6 Å². The summed E-state index contributed by atoms with van der Waals surface area (Å²) in [4.78, 5) is 15.1. The summed E-state index contributed by atoms with van der Waals surface area (Å²) in [5, 5.41) is 0. The first kappa shape index (κ1) is 18.2. The van der Waals surface area contributed by atoms with E-state index in [1.165, 1.54) is 12.1 Å². The van der Waals surface area contributed by atoms with Gasteiger partial charge in [-0.1, -0.05) is 43.3 Å². The molecule has 4 rings (SSSR count). The van der Waals surface area contributed by atoms with Gasteiger partial charge >= 0.3 is 0 Å². The van der Waals surface area contributed by atoms with Crippen molar-refractivity contribution in [1.29, 1.82) is 0 Å². The van der Waals surface area contributed by atoms with Crippen molar-refractivity contribution in [2.75, 3.05) is 17.2 Å². The number of nitrogen functional groups attached to an aromatic ring is 1. The highest BCUT2D eigenvalue weighted by molar-refractivity contribution is 6.05. The number of fused-ring (bicyclic) bond motifs is 1. The molecule has 0 spiro atoms. The number of benzene rings is 3. The number of rotatable bonds is 5. The van der Waals surface area contributed by atoms with Gasteiger partial charge in [0.15, 0.2) is 0 Å². The Morgan fingerprint density at radius 2 is 1.71 bits per heavy atom. The van der Waals surface area contributed by atoms with Crippen LogP contribution >= 0.6 is 0 Å². The molecule has 3 aromatic carbocycles. The fourth-order valence-electron chi connectivity index (χ4n) is 3.93. The van der Waals surface area contributed by atoms with E-state index in [4.69, 9.17) is 5.73 Å². The van der Waals surface area contributed by atoms with Crippen LogP contribution in [-0.2, 0) is 11.2 Å². The molecule has 2 N–H and O–H groups in total. The molecule has 3 nitrogen and oxygen atoms in total. The Hall–Kier alpha value is -3.14. The van der Waals surface area contributed by atoms with Gasteiger partial charge < -0.3 is 10.6 Å². The molecule has 0 radical (unpaired) electrons. The van der Waals surface area contributed by atoms with Crippen LogP contribution in [-0.4, -0.2) is 12.5 Å². The van der Waals surface area contributed by atoms with Gasteiger partial charge in [-0.05, 0) is 65.4 Å². The molecule has 0 bridgehead atoms. The minimum absolute atomic E-state index is 0.122. The Kier molecular flexibility index (Phi) is 4.86. The standard InChI is InChI=1S/C24H23FN2O/c1-2-13-27-23-12-9-17(16-7-10-19(25)11-8-16)14-20(23)21(24(27)28)15-18-5-3-4-6-22(18)26/h3-12,14,21H,2,13,15,26H2,1H3. The van der Waals surface area contributed by atoms with Crippen molar-refractivity contribution < 1.29 is 9.18 Å². The van der Waals surface area contributed by atoms with Crippen molar-refractivity contribution in [3.8, 4) is 11.1 Å². The lowest BCUT2D eigenvalue weighted by molar-refractivity contribution is -0.119. The third-order valence-electron chi connectivity index (χ3n) is 5.36. The number of anilines is 2. The summed E-state index contributed by atoms with van der Waals surface area (Å²) in [6.45, 7) is 2.77. The summed E-state index contributed by atoms with van der Waals surface area (Å²) in [5.41, 5.74) is 11.7. The van der Waals surface area contributed by atoms with E-state index in [2.05, 4.69) is 13.0 Å². The van der Waals surface area contributed by atoms with Gasteiger partial charge in [0.25, 0.3) is 0 Å². The molecule has 28 heavy (non-hydrogen) atoms. The number of carbonyl (C=O) groups excluding carboxylic acids is 1. The van der Waals surface area contributed by atoms with Crippen LogP contribution < -0.4 is 10.6 Å². The quantitative estimate of drug-likeness (QED) is 0.627. The van der Waals surface area contributed by atoms with Crippen molar-refractivity contribution in [3.63, 3.8) is 0 Å². The van der Waals surface area contributed by atoms with Crippen LogP contribution in [0.1, 0.15) is 30.4 Å². The summed E-state index contributed by atoms with van der Waals surface area (Å²) in [6, 6.07) is 20.2. The monoisotopic (exact) mass is 374 g/mol. The van der Waals surface area contributed by atoms with Crippen molar-refractivity contribution in [1.82, 2.24) is 0 Å². The molecule has 0 fully saturated rings. The largest absolute Gasteiger partial charge is 0.399 e. The zero-order valence-electron chi connectivity index (χ0n) is 15.9. The maximum Gasteiger partial charge on any atom is 0.234 e. The summed E-state index contributed by atoms with van der Waals surface area (Å²) in [6.07, 6.45) is 1.47. The normalized spacial score (nSPS) is 15.7. The maximum atomic E-state index is 13.3. The Morgan fingerprint density at radius 3 is 2.43 bits per heavy atom. The predicted molar refractivity (Wildman–Crippen MR) is 112 cm³/mol. The molecule has 1 heterocycles. The Morgan fingerprint density at radius 1 is 1.00 bits per heavy atom. The number of hydrogen-bond donors (Lipinski definition) is 1. The van der Waals surface area contributed by atoms with E-state index in [0.29, 0.717) is 18.7 Å². The van der Waals surface area contributed by atoms with Crippen LogP contribution in [0.3, 0.4) is 0 Å². The second-order valence-electron chi connectivity index (χ2n) is 7.23. The van der Waals surface area contributed by atoms with Crippen molar-refractivity contribution in [2.24, 2.45) is 0 Å². The molecule has 3 aromatic rings. The van der Waals surface area contributed by atoms with Crippen LogP contribution in [0.4, 0.5) is 15.8 Å².